The zero-order chi connectivity index (χ0) is 18.6. The maximum atomic E-state index is 11.4. The molecule has 0 aromatic carbocycles. The summed E-state index contributed by atoms with van der Waals surface area (Å²) in [6, 6.07) is 0. The second-order valence-corrected chi connectivity index (χ2v) is 7.36. The first-order chi connectivity index (χ1) is 12.2. The molecule has 2 nitrogen and oxygen atoms in total. The van der Waals surface area contributed by atoms with Crippen molar-refractivity contribution in [2.45, 2.75) is 109 Å². The topological polar surface area (TPSA) is 37.3 Å². The summed E-state index contributed by atoms with van der Waals surface area (Å²) in [7, 11) is 0. The number of carboxylic acid groups (broad SMARTS) is 1. The Morgan fingerprint density at radius 1 is 0.640 bits per heavy atom. The fourth-order valence-corrected chi connectivity index (χ4v) is 3.34. The Morgan fingerprint density at radius 2 is 0.960 bits per heavy atom. The summed E-state index contributed by atoms with van der Waals surface area (Å²) in [5, 5.41) is 9.38. The van der Waals surface area contributed by atoms with E-state index < -0.39 is 5.97 Å². The van der Waals surface area contributed by atoms with Crippen LogP contribution in [-0.2, 0) is 4.79 Å². The fourth-order valence-electron chi connectivity index (χ4n) is 3.34. The van der Waals surface area contributed by atoms with Crippen LogP contribution in [0.3, 0.4) is 0 Å². The number of aliphatic carboxylic acids is 1. The quantitative estimate of drug-likeness (QED) is 0.180. The maximum Gasteiger partial charge on any atom is 0.306 e. The zero-order valence-corrected chi connectivity index (χ0v) is 16.5. The van der Waals surface area contributed by atoms with Gasteiger partial charge in [-0.3, -0.25) is 4.79 Å². The molecule has 0 aromatic heterocycles. The summed E-state index contributed by atoms with van der Waals surface area (Å²) in [6.07, 6.45) is 24.0. The third-order valence-electron chi connectivity index (χ3n) is 5.02. The first-order valence-corrected chi connectivity index (χ1v) is 10.7. The smallest absolute Gasteiger partial charge is 0.306 e. The summed E-state index contributed by atoms with van der Waals surface area (Å²) >= 11 is 0. The lowest BCUT2D eigenvalue weighted by Gasteiger charge is -2.12. The molecular weight excluding hydrogens is 308 g/mol. The summed E-state index contributed by atoms with van der Waals surface area (Å²) < 4.78 is 0. The number of hydrogen-bond acceptors (Lipinski definition) is 1. The van der Waals surface area contributed by atoms with Crippen molar-refractivity contribution in [2.75, 3.05) is 0 Å². The Morgan fingerprint density at radius 3 is 1.28 bits per heavy atom. The second kappa shape index (κ2) is 19.3. The van der Waals surface area contributed by atoms with Crippen molar-refractivity contribution in [3.05, 3.63) is 25.3 Å². The van der Waals surface area contributed by atoms with Gasteiger partial charge < -0.3 is 5.11 Å². The minimum Gasteiger partial charge on any atom is -0.481 e. The molecule has 1 atom stereocenters. The van der Waals surface area contributed by atoms with Gasteiger partial charge in [0.2, 0.25) is 0 Å². The predicted octanol–water partition coefficient (Wildman–Crippen LogP) is 7.69. The predicted molar refractivity (Wildman–Crippen MR) is 110 cm³/mol. The van der Waals surface area contributed by atoms with Crippen LogP contribution in [-0.4, -0.2) is 11.1 Å². The monoisotopic (exact) mass is 350 g/mol. The van der Waals surface area contributed by atoms with E-state index in [0.717, 1.165) is 38.5 Å². The summed E-state index contributed by atoms with van der Waals surface area (Å²) in [5.41, 5.74) is 0. The van der Waals surface area contributed by atoms with Crippen LogP contribution < -0.4 is 0 Å². The minimum atomic E-state index is -0.588. The molecule has 25 heavy (non-hydrogen) atoms. The molecule has 0 fully saturated rings. The van der Waals surface area contributed by atoms with E-state index in [0.29, 0.717) is 0 Å². The van der Waals surface area contributed by atoms with E-state index in [2.05, 4.69) is 13.2 Å². The average molecular weight is 351 g/mol. The van der Waals surface area contributed by atoms with Gasteiger partial charge in [-0.25, -0.2) is 0 Å². The first kappa shape index (κ1) is 23.9. The summed E-state index contributed by atoms with van der Waals surface area (Å²) in [4.78, 5) is 11.4. The van der Waals surface area contributed by atoms with Crippen molar-refractivity contribution in [2.24, 2.45) is 5.92 Å². The zero-order valence-electron chi connectivity index (χ0n) is 16.5. The molecule has 0 saturated heterocycles. The molecule has 0 radical (unpaired) electrons. The molecule has 0 aliphatic heterocycles. The lowest BCUT2D eigenvalue weighted by molar-refractivity contribution is -0.142. The van der Waals surface area contributed by atoms with E-state index in [9.17, 15) is 9.90 Å². The van der Waals surface area contributed by atoms with Crippen LogP contribution in [0.25, 0.3) is 0 Å². The Labute approximate surface area is 156 Å². The lowest BCUT2D eigenvalue weighted by atomic mass is 9.94. The number of carbonyl (C=O) groups is 1. The van der Waals surface area contributed by atoms with Gasteiger partial charge in [0.25, 0.3) is 0 Å². The van der Waals surface area contributed by atoms with E-state index in [4.69, 9.17) is 0 Å². The van der Waals surface area contributed by atoms with Crippen molar-refractivity contribution in [3.8, 4) is 0 Å². The van der Waals surface area contributed by atoms with Gasteiger partial charge in [-0.15, -0.1) is 13.2 Å². The summed E-state index contributed by atoms with van der Waals surface area (Å²) in [6.45, 7) is 7.49. The van der Waals surface area contributed by atoms with E-state index in [1.807, 2.05) is 12.2 Å². The molecule has 0 bridgehead atoms. The second-order valence-electron chi connectivity index (χ2n) is 7.36. The molecule has 0 heterocycles. The highest BCUT2D eigenvalue weighted by molar-refractivity contribution is 5.69. The van der Waals surface area contributed by atoms with Crippen LogP contribution in [0, 0.1) is 5.92 Å². The van der Waals surface area contributed by atoms with Gasteiger partial charge in [-0.2, -0.15) is 0 Å². The first-order valence-electron chi connectivity index (χ1n) is 10.7. The molecule has 0 saturated carbocycles. The van der Waals surface area contributed by atoms with Crippen LogP contribution in [0.2, 0.25) is 0 Å². The molecule has 0 aliphatic rings. The molecule has 0 aromatic rings. The molecule has 146 valence electrons. The number of hydrogen-bond donors (Lipinski definition) is 1. The molecule has 2 heteroatoms. The van der Waals surface area contributed by atoms with E-state index >= 15 is 0 Å². The van der Waals surface area contributed by atoms with Crippen LogP contribution in [0.1, 0.15) is 109 Å². The standard InChI is InChI=1S/C23H42O2/c1-3-5-7-9-11-13-15-17-19-21-22(23(24)25)20-18-16-14-12-10-8-6-4-2/h3-4,22H,1-2,5-21H2,(H,24,25). The highest BCUT2D eigenvalue weighted by Gasteiger charge is 2.16. The molecule has 1 unspecified atom stereocenters. The number of unbranched alkanes of at least 4 members (excludes halogenated alkanes) is 13. The van der Waals surface area contributed by atoms with Gasteiger partial charge in [-0.05, 0) is 38.5 Å². The van der Waals surface area contributed by atoms with E-state index in [1.54, 1.807) is 0 Å². The van der Waals surface area contributed by atoms with Gasteiger partial charge in [-0.1, -0.05) is 82.8 Å². The molecule has 0 aliphatic carbocycles. The molecular formula is C23H42O2. The average Bonchev–Trinajstić information content (AvgIpc) is 2.60. The van der Waals surface area contributed by atoms with Gasteiger partial charge in [0, 0.05) is 0 Å². The highest BCUT2D eigenvalue weighted by Crippen LogP contribution is 2.19. The SMILES string of the molecule is C=CCCCCCCCCCC(CCCCCCCCC=C)C(=O)O. The van der Waals surface area contributed by atoms with Crippen molar-refractivity contribution >= 4 is 5.97 Å². The van der Waals surface area contributed by atoms with E-state index in [-0.39, 0.29) is 5.92 Å². The van der Waals surface area contributed by atoms with Gasteiger partial charge in [0.05, 0.1) is 5.92 Å². The largest absolute Gasteiger partial charge is 0.481 e. The third kappa shape index (κ3) is 17.6. The highest BCUT2D eigenvalue weighted by atomic mass is 16.4. The van der Waals surface area contributed by atoms with Crippen LogP contribution >= 0.6 is 0 Å². The van der Waals surface area contributed by atoms with Crippen molar-refractivity contribution in [1.82, 2.24) is 0 Å². The minimum absolute atomic E-state index is 0.117. The van der Waals surface area contributed by atoms with E-state index in [1.165, 1.54) is 70.6 Å². The lowest BCUT2D eigenvalue weighted by Crippen LogP contribution is -2.13. The van der Waals surface area contributed by atoms with Gasteiger partial charge in [0.1, 0.15) is 0 Å². The van der Waals surface area contributed by atoms with Gasteiger partial charge >= 0.3 is 5.97 Å². The summed E-state index contributed by atoms with van der Waals surface area (Å²) in [5.74, 6) is -0.705. The molecule has 0 rings (SSSR count). The van der Waals surface area contributed by atoms with Gasteiger partial charge in [0.15, 0.2) is 0 Å². The molecule has 1 N–H and O–H groups in total. The van der Waals surface area contributed by atoms with Crippen molar-refractivity contribution < 1.29 is 9.90 Å². The Bertz CT molecular complexity index is 322. The number of allylic oxidation sites excluding steroid dienone is 2. The maximum absolute atomic E-state index is 11.4. The Balaban J connectivity index is 3.50. The van der Waals surface area contributed by atoms with Crippen LogP contribution in [0.15, 0.2) is 25.3 Å². The number of carboxylic acids is 1. The molecule has 0 spiro atoms. The third-order valence-corrected chi connectivity index (χ3v) is 5.02. The van der Waals surface area contributed by atoms with Crippen molar-refractivity contribution in [1.29, 1.82) is 0 Å². The fraction of sp³-hybridized carbons (Fsp3) is 0.783. The van der Waals surface area contributed by atoms with Crippen LogP contribution in [0.5, 0.6) is 0 Å². The Hall–Kier alpha value is -1.05. The molecule has 0 amide bonds. The van der Waals surface area contributed by atoms with Crippen molar-refractivity contribution in [3.63, 3.8) is 0 Å². The number of rotatable bonds is 20. The Kier molecular flexibility index (Phi) is 18.5. The normalized spacial score (nSPS) is 12.0. The van der Waals surface area contributed by atoms with Crippen LogP contribution in [0.4, 0.5) is 0 Å².